The standard InChI is InChI=1S/C20H15FN2O3S3/c1-23-19(25)17-12(16-4-3-7-27-16)9-28-18(17)22-20(23)29-10-14(24)11-5-6-15(26-2)13(21)8-11/h3-9H,10H2,1-2H3. The number of halogens is 1. The molecule has 1 aromatic carbocycles. The van der Waals surface area contributed by atoms with Crippen LogP contribution in [0.4, 0.5) is 4.39 Å². The van der Waals surface area contributed by atoms with E-state index in [1.807, 2.05) is 22.9 Å². The van der Waals surface area contributed by atoms with Gasteiger partial charge in [0.05, 0.1) is 18.2 Å². The summed E-state index contributed by atoms with van der Waals surface area (Å²) in [6, 6.07) is 8.02. The molecule has 0 aliphatic heterocycles. The van der Waals surface area contributed by atoms with E-state index in [1.165, 1.54) is 35.1 Å². The number of thiophene rings is 2. The molecule has 0 aliphatic carbocycles. The fourth-order valence-electron chi connectivity index (χ4n) is 2.85. The Morgan fingerprint density at radius 1 is 1.31 bits per heavy atom. The summed E-state index contributed by atoms with van der Waals surface area (Å²) in [5.74, 6) is -0.713. The molecule has 9 heteroatoms. The van der Waals surface area contributed by atoms with E-state index in [1.54, 1.807) is 18.4 Å². The van der Waals surface area contributed by atoms with Crippen LogP contribution in [0.15, 0.2) is 51.0 Å². The van der Waals surface area contributed by atoms with E-state index >= 15 is 0 Å². The maximum absolute atomic E-state index is 13.8. The average Bonchev–Trinajstić information content (AvgIpc) is 3.38. The van der Waals surface area contributed by atoms with E-state index in [2.05, 4.69) is 4.98 Å². The van der Waals surface area contributed by atoms with Gasteiger partial charge in [0.15, 0.2) is 22.5 Å². The monoisotopic (exact) mass is 446 g/mol. The van der Waals surface area contributed by atoms with Crippen LogP contribution in [0, 0.1) is 5.82 Å². The highest BCUT2D eigenvalue weighted by Gasteiger charge is 2.18. The van der Waals surface area contributed by atoms with Crippen molar-refractivity contribution in [3.8, 4) is 16.2 Å². The predicted molar refractivity (Wildman–Crippen MR) is 116 cm³/mol. The summed E-state index contributed by atoms with van der Waals surface area (Å²) in [6.07, 6.45) is 0. The number of hydrogen-bond donors (Lipinski definition) is 0. The number of Topliss-reactive ketones (excluding diaryl/α,β-unsaturated/α-hetero) is 1. The van der Waals surface area contributed by atoms with E-state index in [0.717, 1.165) is 28.3 Å². The van der Waals surface area contributed by atoms with Gasteiger partial charge in [0.1, 0.15) is 4.83 Å². The molecule has 29 heavy (non-hydrogen) atoms. The van der Waals surface area contributed by atoms with E-state index in [0.29, 0.717) is 15.4 Å². The first-order valence-corrected chi connectivity index (χ1v) is 11.3. The van der Waals surface area contributed by atoms with Gasteiger partial charge in [0.25, 0.3) is 5.56 Å². The number of ether oxygens (including phenoxy) is 1. The number of ketones is 1. The molecular weight excluding hydrogens is 431 g/mol. The molecule has 0 radical (unpaired) electrons. The van der Waals surface area contributed by atoms with Crippen molar-refractivity contribution in [2.24, 2.45) is 7.05 Å². The fourth-order valence-corrected chi connectivity index (χ4v) is 5.52. The zero-order chi connectivity index (χ0) is 20.5. The van der Waals surface area contributed by atoms with Gasteiger partial charge in [-0.15, -0.1) is 22.7 Å². The number of benzene rings is 1. The zero-order valence-electron chi connectivity index (χ0n) is 15.5. The van der Waals surface area contributed by atoms with Gasteiger partial charge in [0.2, 0.25) is 0 Å². The number of carbonyl (C=O) groups excluding carboxylic acids is 1. The van der Waals surface area contributed by atoms with Crippen LogP contribution in [0.1, 0.15) is 10.4 Å². The largest absolute Gasteiger partial charge is 0.494 e. The number of rotatable bonds is 6. The van der Waals surface area contributed by atoms with Crippen LogP contribution < -0.4 is 10.3 Å². The Labute approximate surface area is 177 Å². The van der Waals surface area contributed by atoms with Crippen LogP contribution in [-0.4, -0.2) is 28.2 Å². The normalized spacial score (nSPS) is 11.1. The molecule has 0 fully saturated rings. The minimum atomic E-state index is -0.588. The first-order valence-electron chi connectivity index (χ1n) is 8.51. The maximum Gasteiger partial charge on any atom is 0.263 e. The lowest BCUT2D eigenvalue weighted by molar-refractivity contribution is 0.102. The number of hydrogen-bond acceptors (Lipinski definition) is 7. The van der Waals surface area contributed by atoms with Gasteiger partial charge in [-0.1, -0.05) is 17.8 Å². The van der Waals surface area contributed by atoms with Crippen molar-refractivity contribution in [1.29, 1.82) is 0 Å². The number of aromatic nitrogens is 2. The first kappa shape index (κ1) is 19.8. The van der Waals surface area contributed by atoms with Crippen molar-refractivity contribution in [1.82, 2.24) is 9.55 Å². The van der Waals surface area contributed by atoms with Crippen LogP contribution in [-0.2, 0) is 7.05 Å². The first-order chi connectivity index (χ1) is 14.0. The minimum absolute atomic E-state index is 0.0424. The Balaban J connectivity index is 1.60. The zero-order valence-corrected chi connectivity index (χ0v) is 17.9. The van der Waals surface area contributed by atoms with Crippen LogP contribution in [0.25, 0.3) is 20.7 Å². The topological polar surface area (TPSA) is 61.2 Å². The summed E-state index contributed by atoms with van der Waals surface area (Å²) in [7, 11) is 3.01. The number of nitrogens with zero attached hydrogens (tertiary/aromatic N) is 2. The van der Waals surface area contributed by atoms with Crippen LogP contribution >= 0.6 is 34.4 Å². The molecule has 0 bridgehead atoms. The summed E-state index contributed by atoms with van der Waals surface area (Å²) in [5.41, 5.74) is 0.984. The molecule has 3 aromatic heterocycles. The number of thioether (sulfide) groups is 1. The molecule has 5 nitrogen and oxygen atoms in total. The maximum atomic E-state index is 13.8. The van der Waals surface area contributed by atoms with Gasteiger partial charge in [-0.25, -0.2) is 9.37 Å². The van der Waals surface area contributed by atoms with Gasteiger partial charge >= 0.3 is 0 Å². The number of fused-ring (bicyclic) bond motifs is 1. The van der Waals surface area contributed by atoms with Crippen molar-refractivity contribution in [2.75, 3.05) is 12.9 Å². The second-order valence-corrected chi connectivity index (χ2v) is 8.87. The third-order valence-corrected chi connectivity index (χ3v) is 7.17. The predicted octanol–water partition coefficient (Wildman–Crippen LogP) is 4.85. The van der Waals surface area contributed by atoms with Crippen LogP contribution in [0.3, 0.4) is 0 Å². The minimum Gasteiger partial charge on any atom is -0.494 e. The Morgan fingerprint density at radius 3 is 2.83 bits per heavy atom. The molecule has 0 saturated carbocycles. The molecule has 148 valence electrons. The quantitative estimate of drug-likeness (QED) is 0.241. The molecule has 3 heterocycles. The molecule has 0 unspecified atom stereocenters. The van der Waals surface area contributed by atoms with Crippen molar-refractivity contribution in [3.63, 3.8) is 0 Å². The third-order valence-electron chi connectivity index (χ3n) is 4.37. The van der Waals surface area contributed by atoms with E-state index in [4.69, 9.17) is 4.74 Å². The van der Waals surface area contributed by atoms with Crippen molar-refractivity contribution in [2.45, 2.75) is 5.16 Å². The van der Waals surface area contributed by atoms with Gasteiger partial charge in [-0.05, 0) is 29.6 Å². The third kappa shape index (κ3) is 3.73. The molecule has 0 amide bonds. The summed E-state index contributed by atoms with van der Waals surface area (Å²) in [5, 5.41) is 4.94. The number of carbonyl (C=O) groups is 1. The Kier molecular flexibility index (Phi) is 5.53. The Bertz CT molecular complexity index is 1260. The second kappa shape index (κ2) is 8.10. The molecule has 4 rings (SSSR count). The summed E-state index contributed by atoms with van der Waals surface area (Å²) < 4.78 is 20.2. The highest BCUT2D eigenvalue weighted by Crippen LogP contribution is 2.34. The summed E-state index contributed by atoms with van der Waals surface area (Å²) in [4.78, 5) is 31.6. The molecule has 0 saturated heterocycles. The lowest BCUT2D eigenvalue weighted by atomic mass is 10.1. The fraction of sp³-hybridized carbons (Fsp3) is 0.150. The lowest BCUT2D eigenvalue weighted by Crippen LogP contribution is -2.20. The summed E-state index contributed by atoms with van der Waals surface area (Å²) in [6.45, 7) is 0. The average molecular weight is 447 g/mol. The summed E-state index contributed by atoms with van der Waals surface area (Å²) >= 11 is 4.14. The van der Waals surface area contributed by atoms with Gasteiger partial charge in [-0.3, -0.25) is 14.2 Å². The molecule has 0 aliphatic rings. The Hall–Kier alpha value is -2.49. The van der Waals surface area contributed by atoms with Gasteiger partial charge in [0, 0.05) is 28.4 Å². The highest BCUT2D eigenvalue weighted by atomic mass is 32.2. The van der Waals surface area contributed by atoms with Gasteiger partial charge in [-0.2, -0.15) is 0 Å². The molecule has 4 aromatic rings. The molecule has 0 N–H and O–H groups in total. The lowest BCUT2D eigenvalue weighted by Gasteiger charge is -2.08. The Morgan fingerprint density at radius 2 is 2.14 bits per heavy atom. The van der Waals surface area contributed by atoms with Crippen molar-refractivity contribution in [3.05, 3.63) is 62.8 Å². The molecule has 0 atom stereocenters. The van der Waals surface area contributed by atoms with Crippen LogP contribution in [0.5, 0.6) is 5.75 Å². The SMILES string of the molecule is COc1ccc(C(=O)CSc2nc3scc(-c4cccs4)c3c(=O)n2C)cc1F. The van der Waals surface area contributed by atoms with Crippen LogP contribution in [0.2, 0.25) is 0 Å². The van der Waals surface area contributed by atoms with E-state index < -0.39 is 5.82 Å². The second-order valence-electron chi connectivity index (χ2n) is 6.13. The van der Waals surface area contributed by atoms with Crippen molar-refractivity contribution < 1.29 is 13.9 Å². The number of methoxy groups -OCH3 is 1. The highest BCUT2D eigenvalue weighted by molar-refractivity contribution is 7.99. The van der Waals surface area contributed by atoms with E-state index in [-0.39, 0.29) is 28.4 Å². The molecular formula is C20H15FN2O3S3. The van der Waals surface area contributed by atoms with Crippen molar-refractivity contribution >= 4 is 50.4 Å². The smallest absolute Gasteiger partial charge is 0.263 e. The van der Waals surface area contributed by atoms with E-state index in [9.17, 15) is 14.0 Å². The van der Waals surface area contributed by atoms with Gasteiger partial charge < -0.3 is 4.74 Å². The molecule has 0 spiro atoms.